The van der Waals surface area contributed by atoms with Crippen molar-refractivity contribution in [3.63, 3.8) is 0 Å². The van der Waals surface area contributed by atoms with E-state index in [0.29, 0.717) is 11.3 Å². The van der Waals surface area contributed by atoms with Crippen molar-refractivity contribution in [3.8, 4) is 17.2 Å². The molecule has 0 unspecified atom stereocenters. The lowest BCUT2D eigenvalue weighted by Crippen LogP contribution is -2.09. The van der Waals surface area contributed by atoms with E-state index in [4.69, 9.17) is 5.26 Å². The summed E-state index contributed by atoms with van der Waals surface area (Å²) in [6.45, 7) is 0. The predicted octanol–water partition coefficient (Wildman–Crippen LogP) is 2.90. The zero-order chi connectivity index (χ0) is 15.2. The molecule has 2 rings (SSSR count). The van der Waals surface area contributed by atoms with Crippen LogP contribution in [0.15, 0.2) is 48.5 Å². The van der Waals surface area contributed by atoms with Crippen LogP contribution in [0.2, 0.25) is 0 Å². The van der Waals surface area contributed by atoms with Crippen molar-refractivity contribution in [2.24, 2.45) is 0 Å². The van der Waals surface area contributed by atoms with E-state index >= 15 is 0 Å². The number of rotatable bonds is 4. The molecule has 0 heterocycles. The van der Waals surface area contributed by atoms with Crippen molar-refractivity contribution in [3.05, 3.63) is 54.1 Å². The van der Waals surface area contributed by atoms with Gasteiger partial charge in [0.2, 0.25) is 5.91 Å². The normalized spacial score (nSPS) is 9.67. The van der Waals surface area contributed by atoms with Crippen molar-refractivity contribution in [2.45, 2.75) is 6.42 Å². The number of carboxylic acids is 1. The monoisotopic (exact) mass is 280 g/mol. The molecule has 0 atom stereocenters. The van der Waals surface area contributed by atoms with Gasteiger partial charge in [-0.3, -0.25) is 4.79 Å². The number of carboxylic acid groups (broad SMARTS) is 1. The molecule has 5 heteroatoms. The van der Waals surface area contributed by atoms with Gasteiger partial charge in [-0.2, -0.15) is 5.26 Å². The molecule has 0 radical (unpaired) electrons. The lowest BCUT2D eigenvalue weighted by Gasteiger charge is -2.08. The van der Waals surface area contributed by atoms with Crippen LogP contribution in [0.4, 0.5) is 5.69 Å². The Morgan fingerprint density at radius 2 is 1.76 bits per heavy atom. The summed E-state index contributed by atoms with van der Waals surface area (Å²) in [7, 11) is 0. The fourth-order valence-electron chi connectivity index (χ4n) is 1.93. The SMILES string of the molecule is N#CCC(=O)Nc1ccc(-c2ccccc2C(=O)O)cc1. The second-order valence-corrected chi connectivity index (χ2v) is 4.31. The summed E-state index contributed by atoms with van der Waals surface area (Å²) in [6, 6.07) is 15.3. The highest BCUT2D eigenvalue weighted by molar-refractivity contribution is 5.96. The molecule has 0 bridgehead atoms. The maximum atomic E-state index is 11.3. The number of carbonyl (C=O) groups is 2. The molecule has 104 valence electrons. The van der Waals surface area contributed by atoms with E-state index in [1.165, 1.54) is 0 Å². The first kappa shape index (κ1) is 14.3. The van der Waals surface area contributed by atoms with Crippen LogP contribution in [0.3, 0.4) is 0 Å². The quantitative estimate of drug-likeness (QED) is 0.901. The number of benzene rings is 2. The van der Waals surface area contributed by atoms with Crippen molar-refractivity contribution in [1.82, 2.24) is 0 Å². The van der Waals surface area contributed by atoms with E-state index in [1.54, 1.807) is 54.6 Å². The summed E-state index contributed by atoms with van der Waals surface area (Å²) in [5.41, 5.74) is 2.14. The summed E-state index contributed by atoms with van der Waals surface area (Å²) < 4.78 is 0. The fraction of sp³-hybridized carbons (Fsp3) is 0.0625. The van der Waals surface area contributed by atoms with Crippen molar-refractivity contribution < 1.29 is 14.7 Å². The number of nitrogens with zero attached hydrogens (tertiary/aromatic N) is 1. The summed E-state index contributed by atoms with van der Waals surface area (Å²) in [5, 5.41) is 20.2. The molecule has 0 aliphatic rings. The number of amides is 1. The van der Waals surface area contributed by atoms with E-state index in [1.807, 2.05) is 0 Å². The minimum absolute atomic E-state index is 0.205. The summed E-state index contributed by atoms with van der Waals surface area (Å²) in [5.74, 6) is -1.37. The van der Waals surface area contributed by atoms with Gasteiger partial charge in [-0.25, -0.2) is 4.79 Å². The predicted molar refractivity (Wildman–Crippen MR) is 77.7 cm³/mol. The number of hydrogen-bond donors (Lipinski definition) is 2. The molecule has 2 aromatic carbocycles. The van der Waals surface area contributed by atoms with Gasteiger partial charge in [0.25, 0.3) is 0 Å². The lowest BCUT2D eigenvalue weighted by molar-refractivity contribution is -0.115. The first-order valence-corrected chi connectivity index (χ1v) is 6.21. The third kappa shape index (κ3) is 3.45. The highest BCUT2D eigenvalue weighted by Gasteiger charge is 2.10. The van der Waals surface area contributed by atoms with E-state index < -0.39 is 5.97 Å². The van der Waals surface area contributed by atoms with Crippen LogP contribution < -0.4 is 5.32 Å². The molecule has 0 fully saturated rings. The molecular formula is C16H12N2O3. The highest BCUT2D eigenvalue weighted by Crippen LogP contribution is 2.25. The van der Waals surface area contributed by atoms with E-state index in [0.717, 1.165) is 5.56 Å². The van der Waals surface area contributed by atoms with E-state index in [-0.39, 0.29) is 17.9 Å². The van der Waals surface area contributed by atoms with Gasteiger partial charge in [0.15, 0.2) is 0 Å². The van der Waals surface area contributed by atoms with E-state index in [9.17, 15) is 14.7 Å². The average Bonchev–Trinajstić information content (AvgIpc) is 2.48. The first-order valence-electron chi connectivity index (χ1n) is 6.21. The first-order chi connectivity index (χ1) is 10.1. The van der Waals surface area contributed by atoms with Crippen LogP contribution in [-0.2, 0) is 4.79 Å². The minimum atomic E-state index is -0.989. The smallest absolute Gasteiger partial charge is 0.336 e. The Balaban J connectivity index is 2.26. The number of anilines is 1. The maximum Gasteiger partial charge on any atom is 0.336 e. The van der Waals surface area contributed by atoms with Crippen molar-refractivity contribution in [1.29, 1.82) is 5.26 Å². The Morgan fingerprint density at radius 1 is 1.10 bits per heavy atom. The van der Waals surface area contributed by atoms with Gasteiger partial charge in [-0.15, -0.1) is 0 Å². The second kappa shape index (κ2) is 6.35. The molecule has 5 nitrogen and oxygen atoms in total. The van der Waals surface area contributed by atoms with Crippen molar-refractivity contribution >= 4 is 17.6 Å². The zero-order valence-electron chi connectivity index (χ0n) is 11.0. The summed E-state index contributed by atoms with van der Waals surface area (Å²) in [6.07, 6.45) is -0.205. The molecular weight excluding hydrogens is 268 g/mol. The van der Waals surface area contributed by atoms with Gasteiger partial charge in [-0.05, 0) is 29.3 Å². The Bertz CT molecular complexity index is 715. The molecule has 0 saturated carbocycles. The Hall–Kier alpha value is -3.13. The number of carbonyl (C=O) groups excluding carboxylic acids is 1. The molecule has 0 aliphatic carbocycles. The van der Waals surface area contributed by atoms with Crippen LogP contribution in [-0.4, -0.2) is 17.0 Å². The van der Waals surface area contributed by atoms with Crippen LogP contribution in [0.1, 0.15) is 16.8 Å². The molecule has 2 aromatic rings. The lowest BCUT2D eigenvalue weighted by atomic mass is 9.99. The number of hydrogen-bond acceptors (Lipinski definition) is 3. The molecule has 0 saturated heterocycles. The number of aromatic carboxylic acids is 1. The summed E-state index contributed by atoms with van der Waals surface area (Å²) in [4.78, 5) is 22.5. The second-order valence-electron chi connectivity index (χ2n) is 4.31. The molecule has 21 heavy (non-hydrogen) atoms. The molecule has 0 spiro atoms. The van der Waals surface area contributed by atoms with Gasteiger partial charge in [0.05, 0.1) is 11.6 Å². The van der Waals surface area contributed by atoms with Crippen LogP contribution in [0.25, 0.3) is 11.1 Å². The molecule has 0 aromatic heterocycles. The molecule has 0 aliphatic heterocycles. The summed E-state index contributed by atoms with van der Waals surface area (Å²) >= 11 is 0. The highest BCUT2D eigenvalue weighted by atomic mass is 16.4. The Labute approximate surface area is 121 Å². The van der Waals surface area contributed by atoms with Gasteiger partial charge in [0.1, 0.15) is 6.42 Å². The topological polar surface area (TPSA) is 90.2 Å². The van der Waals surface area contributed by atoms with E-state index in [2.05, 4.69) is 5.32 Å². The third-order valence-corrected chi connectivity index (χ3v) is 2.88. The molecule has 1 amide bonds. The Morgan fingerprint density at radius 3 is 2.38 bits per heavy atom. The fourth-order valence-corrected chi connectivity index (χ4v) is 1.93. The largest absolute Gasteiger partial charge is 0.478 e. The van der Waals surface area contributed by atoms with Gasteiger partial charge in [0, 0.05) is 5.69 Å². The third-order valence-electron chi connectivity index (χ3n) is 2.88. The van der Waals surface area contributed by atoms with Crippen LogP contribution in [0, 0.1) is 11.3 Å². The van der Waals surface area contributed by atoms with Crippen LogP contribution >= 0.6 is 0 Å². The average molecular weight is 280 g/mol. The maximum absolute atomic E-state index is 11.3. The molecule has 2 N–H and O–H groups in total. The minimum Gasteiger partial charge on any atom is -0.478 e. The van der Waals surface area contributed by atoms with Crippen molar-refractivity contribution in [2.75, 3.05) is 5.32 Å². The Kier molecular flexibility index (Phi) is 4.32. The van der Waals surface area contributed by atoms with Gasteiger partial charge >= 0.3 is 5.97 Å². The number of nitrogens with one attached hydrogen (secondary N) is 1. The zero-order valence-corrected chi connectivity index (χ0v) is 11.0. The standard InChI is InChI=1S/C16H12N2O3/c17-10-9-15(19)18-12-7-5-11(6-8-12)13-3-1-2-4-14(13)16(20)21/h1-8H,9H2,(H,18,19)(H,20,21). The van der Waals surface area contributed by atoms with Crippen LogP contribution in [0.5, 0.6) is 0 Å². The van der Waals surface area contributed by atoms with Gasteiger partial charge < -0.3 is 10.4 Å². The number of nitriles is 1. The van der Waals surface area contributed by atoms with Gasteiger partial charge in [-0.1, -0.05) is 30.3 Å².